The fourth-order valence-corrected chi connectivity index (χ4v) is 1.18. The highest BCUT2D eigenvalue weighted by atomic mass is 35.5. The van der Waals surface area contributed by atoms with Crippen LogP contribution in [0.4, 0.5) is 0 Å². The van der Waals surface area contributed by atoms with Crippen molar-refractivity contribution in [3.8, 4) is 0 Å². The van der Waals surface area contributed by atoms with Crippen molar-refractivity contribution in [1.29, 1.82) is 0 Å². The zero-order valence-corrected chi connectivity index (χ0v) is 8.15. The van der Waals surface area contributed by atoms with Crippen molar-refractivity contribution < 1.29 is 10.0 Å². The molecule has 0 spiro atoms. The van der Waals surface area contributed by atoms with E-state index in [1.54, 1.807) is 0 Å². The average Bonchev–Trinajstić information content (AvgIpc) is 2.03. The lowest BCUT2D eigenvalue weighted by atomic mass is 9.78. The normalized spacial score (nSPS) is 10.6. The second-order valence-corrected chi connectivity index (χ2v) is 3.35. The van der Waals surface area contributed by atoms with Crippen LogP contribution in [0.3, 0.4) is 0 Å². The molecule has 0 aromatic carbocycles. The number of hydrogen-bond acceptors (Lipinski definition) is 4. The lowest BCUT2D eigenvalue weighted by molar-refractivity contribution is 0.424. The molecule has 1 aromatic heterocycles. The molecule has 0 amide bonds. The summed E-state index contributed by atoms with van der Waals surface area (Å²) in [5.74, 6) is 0.0808. The number of rotatable bonds is 2. The smallest absolute Gasteiger partial charge is 0.423 e. The van der Waals surface area contributed by atoms with Gasteiger partial charge in [0.25, 0.3) is 0 Å². The Morgan fingerprint density at radius 3 is 2.54 bits per heavy atom. The van der Waals surface area contributed by atoms with E-state index in [1.807, 2.05) is 13.8 Å². The summed E-state index contributed by atoms with van der Waals surface area (Å²) in [5.41, 5.74) is 0.870. The monoisotopic (exact) mass is 200 g/mol. The van der Waals surface area contributed by atoms with Gasteiger partial charge in [-0.25, -0.2) is 9.97 Å². The van der Waals surface area contributed by atoms with Crippen molar-refractivity contribution in [3.05, 3.63) is 17.2 Å². The molecule has 13 heavy (non-hydrogen) atoms. The van der Waals surface area contributed by atoms with Gasteiger partial charge in [0.15, 0.2) is 0 Å². The van der Waals surface area contributed by atoms with Crippen LogP contribution in [0.2, 0.25) is 5.28 Å². The van der Waals surface area contributed by atoms with E-state index in [4.69, 9.17) is 21.6 Å². The molecule has 1 rings (SSSR count). The molecule has 4 nitrogen and oxygen atoms in total. The Labute approximate surface area is 81.7 Å². The van der Waals surface area contributed by atoms with Gasteiger partial charge in [0.2, 0.25) is 5.28 Å². The van der Waals surface area contributed by atoms with Gasteiger partial charge in [-0.3, -0.25) is 0 Å². The van der Waals surface area contributed by atoms with Gasteiger partial charge in [0, 0.05) is 17.4 Å². The summed E-state index contributed by atoms with van der Waals surface area (Å²) in [7, 11) is -1.55. The maximum absolute atomic E-state index is 8.98. The molecule has 1 heterocycles. The molecule has 0 saturated heterocycles. The maximum atomic E-state index is 8.98. The molecule has 1 aromatic rings. The van der Waals surface area contributed by atoms with Gasteiger partial charge in [-0.15, -0.1) is 0 Å². The molecule has 0 aliphatic carbocycles. The van der Waals surface area contributed by atoms with Crippen LogP contribution in [0, 0.1) is 0 Å². The first-order valence-corrected chi connectivity index (χ1v) is 4.28. The summed E-state index contributed by atoms with van der Waals surface area (Å²) in [6.45, 7) is 3.79. The topological polar surface area (TPSA) is 66.2 Å². The minimum Gasteiger partial charge on any atom is -0.423 e. The van der Waals surface area contributed by atoms with Crippen molar-refractivity contribution in [1.82, 2.24) is 9.97 Å². The van der Waals surface area contributed by atoms with Crippen LogP contribution in [0.25, 0.3) is 0 Å². The summed E-state index contributed by atoms with van der Waals surface area (Å²) in [4.78, 5) is 7.61. The van der Waals surface area contributed by atoms with Crippen molar-refractivity contribution in [2.24, 2.45) is 0 Å². The Bertz CT molecular complexity index is 307. The second kappa shape index (κ2) is 4.04. The third kappa shape index (κ3) is 2.40. The molecule has 0 fully saturated rings. The van der Waals surface area contributed by atoms with Gasteiger partial charge < -0.3 is 10.0 Å². The Morgan fingerprint density at radius 2 is 2.08 bits per heavy atom. The van der Waals surface area contributed by atoms with Crippen molar-refractivity contribution in [2.75, 3.05) is 0 Å². The van der Waals surface area contributed by atoms with Crippen molar-refractivity contribution in [3.63, 3.8) is 0 Å². The summed E-state index contributed by atoms with van der Waals surface area (Å²) in [5, 5.41) is 18.1. The molecule has 2 N–H and O–H groups in total. The van der Waals surface area contributed by atoms with Crippen LogP contribution in [0.5, 0.6) is 0 Å². The highest BCUT2D eigenvalue weighted by Crippen LogP contribution is 2.10. The van der Waals surface area contributed by atoms with Gasteiger partial charge in [0.05, 0.1) is 0 Å². The quantitative estimate of drug-likeness (QED) is 0.518. The third-order valence-electron chi connectivity index (χ3n) is 1.64. The Balaban J connectivity index is 3.19. The van der Waals surface area contributed by atoms with E-state index in [0.717, 1.165) is 0 Å². The maximum Gasteiger partial charge on any atom is 0.491 e. The van der Waals surface area contributed by atoms with E-state index in [0.29, 0.717) is 11.2 Å². The van der Waals surface area contributed by atoms with Gasteiger partial charge in [-0.2, -0.15) is 0 Å². The van der Waals surface area contributed by atoms with Crippen LogP contribution >= 0.6 is 11.6 Å². The van der Waals surface area contributed by atoms with Gasteiger partial charge in [0.1, 0.15) is 0 Å². The first-order chi connectivity index (χ1) is 6.02. The number of nitrogens with zero attached hydrogens (tertiary/aromatic N) is 2. The van der Waals surface area contributed by atoms with Crippen LogP contribution in [0.1, 0.15) is 25.5 Å². The van der Waals surface area contributed by atoms with Crippen LogP contribution in [0.15, 0.2) is 6.20 Å². The van der Waals surface area contributed by atoms with Gasteiger partial charge >= 0.3 is 7.12 Å². The summed E-state index contributed by atoms with van der Waals surface area (Å²) in [6, 6.07) is 0. The van der Waals surface area contributed by atoms with E-state index in [-0.39, 0.29) is 11.2 Å². The van der Waals surface area contributed by atoms with E-state index in [9.17, 15) is 0 Å². The molecular formula is C7H10BClN2O2. The lowest BCUT2D eigenvalue weighted by Gasteiger charge is -2.09. The summed E-state index contributed by atoms with van der Waals surface area (Å²) >= 11 is 5.58. The van der Waals surface area contributed by atoms with Crippen LogP contribution in [-0.4, -0.2) is 27.1 Å². The molecule has 0 aliphatic rings. The van der Waals surface area contributed by atoms with Gasteiger partial charge in [-0.05, 0) is 17.5 Å². The van der Waals surface area contributed by atoms with E-state index >= 15 is 0 Å². The molecule has 0 unspecified atom stereocenters. The molecule has 70 valence electrons. The highest BCUT2D eigenvalue weighted by molar-refractivity contribution is 6.59. The largest absolute Gasteiger partial charge is 0.491 e. The summed E-state index contributed by atoms with van der Waals surface area (Å²) in [6.07, 6.45) is 1.33. The first kappa shape index (κ1) is 10.4. The molecular weight excluding hydrogens is 190 g/mol. The average molecular weight is 200 g/mol. The van der Waals surface area contributed by atoms with Crippen LogP contribution < -0.4 is 5.46 Å². The molecule has 0 atom stereocenters. The predicted molar refractivity (Wildman–Crippen MR) is 51.0 cm³/mol. The van der Waals surface area contributed by atoms with Crippen molar-refractivity contribution in [2.45, 2.75) is 19.8 Å². The van der Waals surface area contributed by atoms with E-state index in [1.165, 1.54) is 6.20 Å². The molecule has 0 aliphatic heterocycles. The number of hydrogen-bond donors (Lipinski definition) is 2. The third-order valence-corrected chi connectivity index (χ3v) is 1.83. The lowest BCUT2D eigenvalue weighted by Crippen LogP contribution is -2.35. The molecule has 6 heteroatoms. The predicted octanol–water partition coefficient (Wildman–Crippen LogP) is -0.0668. The second-order valence-electron chi connectivity index (χ2n) is 3.01. The Kier molecular flexibility index (Phi) is 3.25. The Hall–Kier alpha value is -0.645. The molecule has 0 bridgehead atoms. The minimum absolute atomic E-state index is 0.0808. The Morgan fingerprint density at radius 1 is 1.46 bits per heavy atom. The fourth-order valence-electron chi connectivity index (χ4n) is 1.04. The SMILES string of the molecule is CC(C)c1nc(Cl)ncc1B(O)O. The first-order valence-electron chi connectivity index (χ1n) is 3.91. The van der Waals surface area contributed by atoms with Crippen molar-refractivity contribution >= 4 is 24.2 Å². The van der Waals surface area contributed by atoms with Crippen LogP contribution in [-0.2, 0) is 0 Å². The highest BCUT2D eigenvalue weighted by Gasteiger charge is 2.19. The van der Waals surface area contributed by atoms with E-state index in [2.05, 4.69) is 9.97 Å². The number of aromatic nitrogens is 2. The zero-order valence-electron chi connectivity index (χ0n) is 7.40. The zero-order chi connectivity index (χ0) is 10.0. The molecule has 0 radical (unpaired) electrons. The summed E-state index contributed by atoms with van der Waals surface area (Å²) < 4.78 is 0. The van der Waals surface area contributed by atoms with Gasteiger partial charge in [-0.1, -0.05) is 13.8 Å². The minimum atomic E-state index is -1.55. The standard InChI is InChI=1S/C7H10BClN2O2/c1-4(2)6-5(8(12)13)3-10-7(9)11-6/h3-4,12-13H,1-2H3. The van der Waals surface area contributed by atoms with E-state index < -0.39 is 7.12 Å². The molecule has 0 saturated carbocycles. The number of halogens is 1. The fraction of sp³-hybridized carbons (Fsp3) is 0.429.